The Morgan fingerprint density at radius 2 is 1.62 bits per heavy atom. The number of nitrogens with zero attached hydrogens (tertiary/aromatic N) is 1. The Morgan fingerprint density at radius 3 is 2.26 bits per heavy atom. The average molecular weight is 713 g/mol. The first-order valence-electron chi connectivity index (χ1n) is 14.8. The Kier molecular flexibility index (Phi) is 7.45. The Morgan fingerprint density at radius 1 is 0.960 bits per heavy atom. The molecular formula is C32H25ClN2O15. The van der Waals surface area contributed by atoms with Gasteiger partial charge in [-0.25, -0.2) is 0 Å². The number of halogens is 1. The fraction of sp³-hybridized carbons (Fsp3) is 0.312. The van der Waals surface area contributed by atoms with E-state index >= 15 is 0 Å². The lowest BCUT2D eigenvalue weighted by atomic mass is 9.78. The number of oxime groups is 1. The van der Waals surface area contributed by atoms with Gasteiger partial charge in [0.25, 0.3) is 11.8 Å². The van der Waals surface area contributed by atoms with Gasteiger partial charge in [-0.2, -0.15) is 0 Å². The van der Waals surface area contributed by atoms with E-state index in [-0.39, 0.29) is 34.9 Å². The van der Waals surface area contributed by atoms with Crippen molar-refractivity contribution >= 4 is 40.1 Å². The number of aromatic hydroxyl groups is 1. The number of aliphatic hydroxyl groups is 6. The Labute approximate surface area is 280 Å². The van der Waals surface area contributed by atoms with Crippen LogP contribution in [0, 0.1) is 10.4 Å². The van der Waals surface area contributed by atoms with Gasteiger partial charge in [-0.1, -0.05) is 22.8 Å². The van der Waals surface area contributed by atoms with Gasteiger partial charge in [0, 0.05) is 11.6 Å². The fourth-order valence-corrected chi connectivity index (χ4v) is 7.35. The predicted molar refractivity (Wildman–Crippen MR) is 171 cm³/mol. The molecule has 6 atom stereocenters. The number of rotatable bonds is 5. The summed E-state index contributed by atoms with van der Waals surface area (Å²) in [7, 11) is 1.09. The van der Waals surface area contributed by atoms with Gasteiger partial charge in [0.05, 0.1) is 51.9 Å². The van der Waals surface area contributed by atoms with Crippen LogP contribution < -0.4 is 42.4 Å². The molecule has 1 saturated heterocycles. The minimum Gasteiger partial charge on any atom is -0.510 e. The lowest BCUT2D eigenvalue weighted by Gasteiger charge is -2.43. The molecule has 1 spiro atoms. The summed E-state index contributed by atoms with van der Waals surface area (Å²) >= 11 is 5.97. The standard InChI is InChI=1S/C32H25ClN2O15/c1-48-13-6-12(37)15-16(20(13)38)22(40)18-17(21(15)39)26(44)31(27(18)45)3-2-9-4-10-5-11(35-29(47)14(10)23(41)19(9)31)7-34-50-30-25(43)24(42)28(46)32(33,8-36)49-30/h4-7,24-25,28,30,36,41-46H,2-3,8H2,1H3,(H,35,47)/b34-7+/t24-,25-,28+,30+,31+,32-/m1/s1. The molecule has 5 aliphatic rings. The number of fused-ring (bicyclic) bond motifs is 4. The number of hydrogen-bond acceptors (Lipinski definition) is 16. The summed E-state index contributed by atoms with van der Waals surface area (Å²) in [5.41, 5.74) is -7.29. The number of aromatic amines is 1. The number of methoxy groups -OCH3 is 1. The second kappa shape index (κ2) is 11.2. The molecule has 17 nitrogen and oxygen atoms in total. The van der Waals surface area contributed by atoms with Crippen LogP contribution in [0.1, 0.15) is 23.2 Å². The van der Waals surface area contributed by atoms with Gasteiger partial charge < -0.3 is 55.0 Å². The van der Waals surface area contributed by atoms with Crippen LogP contribution in [0.25, 0.3) is 22.3 Å². The van der Waals surface area contributed by atoms with Crippen molar-refractivity contribution in [1.29, 1.82) is 0 Å². The zero-order chi connectivity index (χ0) is 36.2. The topological polar surface area (TPSA) is 283 Å². The number of aliphatic hydroxyl groups excluding tert-OH is 6. The van der Waals surface area contributed by atoms with E-state index in [0.29, 0.717) is 5.56 Å². The summed E-state index contributed by atoms with van der Waals surface area (Å²) in [4.78, 5) is 73.8. The van der Waals surface area contributed by atoms with E-state index in [1.807, 2.05) is 0 Å². The first-order valence-corrected chi connectivity index (χ1v) is 15.2. The van der Waals surface area contributed by atoms with Crippen molar-refractivity contribution in [2.24, 2.45) is 5.16 Å². The third-order valence-corrected chi connectivity index (χ3v) is 9.99. The maximum atomic E-state index is 13.7. The first-order chi connectivity index (χ1) is 23.6. The van der Waals surface area contributed by atoms with E-state index in [0.717, 1.165) is 19.4 Å². The minimum absolute atomic E-state index is 0.00669. The van der Waals surface area contributed by atoms with Gasteiger partial charge in [-0.15, -0.1) is 0 Å². The van der Waals surface area contributed by atoms with Crippen LogP contribution in [0.4, 0.5) is 0 Å². The van der Waals surface area contributed by atoms with Gasteiger partial charge in [0.15, 0.2) is 16.2 Å². The van der Waals surface area contributed by atoms with Gasteiger partial charge in [0.1, 0.15) is 41.0 Å². The SMILES string of the molecule is COc1cc(=O)c2c(=O)c3c(c(=O)c=2c1=O)=C(O)[C@]1(CCc2cc4cc(/C=N/O[C@@H]5O[C@](Cl)(CO)[C@@H](O)[C@H](O)[C@H]5O)[nH]c(=O)c4c(O)c21)C=3O. The molecule has 260 valence electrons. The molecule has 2 heterocycles. The van der Waals surface area contributed by atoms with Crippen molar-refractivity contribution in [2.75, 3.05) is 13.7 Å². The number of benzene rings is 1. The minimum atomic E-state index is -2.22. The average Bonchev–Trinajstić information content (AvgIpc) is 3.57. The van der Waals surface area contributed by atoms with E-state index in [4.69, 9.17) is 25.9 Å². The number of alkyl halides is 1. The summed E-state index contributed by atoms with van der Waals surface area (Å²) in [6.45, 7) is -0.961. The number of phenolic OH excluding ortho intramolecular Hbond substituents is 1. The summed E-state index contributed by atoms with van der Waals surface area (Å²) in [6, 6.07) is 3.57. The lowest BCUT2D eigenvalue weighted by molar-refractivity contribution is -0.314. The molecule has 2 aromatic rings. The van der Waals surface area contributed by atoms with Crippen LogP contribution in [0.15, 0.2) is 47.3 Å². The fourth-order valence-electron chi connectivity index (χ4n) is 7.13. The predicted octanol–water partition coefficient (Wildman–Crippen LogP) is -3.77. The molecule has 0 radical (unpaired) electrons. The molecule has 1 aliphatic heterocycles. The van der Waals surface area contributed by atoms with E-state index in [1.165, 1.54) is 12.1 Å². The van der Waals surface area contributed by atoms with Crippen LogP contribution in [0.5, 0.6) is 11.5 Å². The third-order valence-electron chi connectivity index (χ3n) is 9.55. The summed E-state index contributed by atoms with van der Waals surface area (Å²) < 4.78 is 10.0. The number of pyridine rings is 1. The zero-order valence-electron chi connectivity index (χ0n) is 25.5. The van der Waals surface area contributed by atoms with Crippen LogP contribution in [-0.2, 0) is 21.4 Å². The Balaban J connectivity index is 1.34. The number of phenols is 1. The lowest BCUT2D eigenvalue weighted by Crippen LogP contribution is -2.63. The number of nitrogens with one attached hydrogen (secondary N) is 1. The van der Waals surface area contributed by atoms with E-state index in [1.54, 1.807) is 0 Å². The van der Waals surface area contributed by atoms with Crippen LogP contribution in [-0.4, -0.2) is 90.3 Å². The number of aromatic nitrogens is 1. The Hall–Kier alpha value is -5.17. The third kappa shape index (κ3) is 4.25. The van der Waals surface area contributed by atoms with Crippen molar-refractivity contribution in [3.63, 3.8) is 0 Å². The zero-order valence-corrected chi connectivity index (χ0v) is 26.2. The smallest absolute Gasteiger partial charge is 0.260 e. The summed E-state index contributed by atoms with van der Waals surface area (Å²) in [5, 5.41) is 72.6. The van der Waals surface area contributed by atoms with Crippen molar-refractivity contribution in [3.05, 3.63) is 107 Å². The highest BCUT2D eigenvalue weighted by Crippen LogP contribution is 2.54. The molecule has 50 heavy (non-hydrogen) atoms. The van der Waals surface area contributed by atoms with Crippen LogP contribution in [0.2, 0.25) is 0 Å². The molecule has 1 fully saturated rings. The number of hydrogen-bond donors (Lipinski definition) is 8. The van der Waals surface area contributed by atoms with Gasteiger partial charge in [0.2, 0.25) is 16.3 Å². The number of aryl methyl sites for hydroxylation is 1. The van der Waals surface area contributed by atoms with Crippen molar-refractivity contribution in [1.82, 2.24) is 4.98 Å². The molecule has 18 heteroatoms. The molecule has 1 aromatic carbocycles. The monoisotopic (exact) mass is 712 g/mol. The van der Waals surface area contributed by atoms with Crippen LogP contribution in [0.3, 0.4) is 0 Å². The highest BCUT2D eigenvalue weighted by atomic mass is 35.5. The molecular weight excluding hydrogens is 688 g/mol. The second-order valence-corrected chi connectivity index (χ2v) is 12.8. The molecule has 8 N–H and O–H groups in total. The quantitative estimate of drug-likeness (QED) is 0.0560. The number of H-pyrrole nitrogens is 1. The van der Waals surface area contributed by atoms with E-state index in [9.17, 15) is 59.7 Å². The molecule has 0 bridgehead atoms. The molecule has 4 aliphatic carbocycles. The number of ether oxygens (including phenoxy) is 2. The Bertz CT molecular complexity index is 2670. The summed E-state index contributed by atoms with van der Waals surface area (Å²) in [6.07, 6.45) is -6.51. The highest BCUT2D eigenvalue weighted by Gasteiger charge is 2.54. The van der Waals surface area contributed by atoms with Gasteiger partial charge in [-0.3, -0.25) is 24.0 Å². The van der Waals surface area contributed by atoms with Crippen LogP contribution >= 0.6 is 11.6 Å². The van der Waals surface area contributed by atoms with E-state index < -0.39 is 113 Å². The maximum absolute atomic E-state index is 13.7. The maximum Gasteiger partial charge on any atom is 0.260 e. The molecule has 0 amide bonds. The summed E-state index contributed by atoms with van der Waals surface area (Å²) in [5.74, 6) is -2.88. The van der Waals surface area contributed by atoms with Crippen molar-refractivity contribution in [3.8, 4) is 11.5 Å². The van der Waals surface area contributed by atoms with E-state index in [2.05, 4.69) is 10.1 Å². The second-order valence-electron chi connectivity index (χ2n) is 12.1. The highest BCUT2D eigenvalue weighted by molar-refractivity contribution is 6.23. The molecule has 0 saturated carbocycles. The molecule has 0 unspecified atom stereocenters. The first kappa shape index (κ1) is 33.3. The van der Waals surface area contributed by atoms with Crippen molar-refractivity contribution in [2.45, 2.75) is 47.9 Å². The largest absolute Gasteiger partial charge is 0.510 e. The molecule has 1 aromatic heterocycles. The normalized spacial score (nSPS) is 27.5. The van der Waals surface area contributed by atoms with Gasteiger partial charge >= 0.3 is 0 Å². The molecule has 7 rings (SSSR count). The van der Waals surface area contributed by atoms with Crippen molar-refractivity contribution < 1.29 is 50.1 Å². The van der Waals surface area contributed by atoms with Gasteiger partial charge in [-0.05, 0) is 29.9 Å².